The highest BCUT2D eigenvalue weighted by Crippen LogP contribution is 2.40. The maximum absolute atomic E-state index is 13.6. The number of alkyl halides is 3. The fraction of sp³-hybridized carbons (Fsp3) is 0.516. The van der Waals surface area contributed by atoms with Gasteiger partial charge in [-0.15, -0.1) is 11.3 Å². The van der Waals surface area contributed by atoms with Crippen molar-refractivity contribution in [1.82, 2.24) is 14.9 Å². The van der Waals surface area contributed by atoms with Crippen LogP contribution >= 0.6 is 11.3 Å². The highest BCUT2D eigenvalue weighted by molar-refractivity contribution is 7.15. The van der Waals surface area contributed by atoms with Crippen molar-refractivity contribution in [1.29, 1.82) is 0 Å². The molecule has 41 heavy (non-hydrogen) atoms. The number of ether oxygens (including phenoxy) is 1. The third-order valence-electron chi connectivity index (χ3n) is 8.23. The van der Waals surface area contributed by atoms with Crippen LogP contribution in [0.1, 0.15) is 85.0 Å². The first-order valence-electron chi connectivity index (χ1n) is 14.3. The fourth-order valence-corrected chi connectivity index (χ4v) is 7.16. The van der Waals surface area contributed by atoms with Crippen molar-refractivity contribution in [2.45, 2.75) is 97.6 Å². The van der Waals surface area contributed by atoms with Gasteiger partial charge in [-0.25, -0.2) is 14.8 Å². The molecule has 1 saturated heterocycles. The molecule has 0 bridgehead atoms. The van der Waals surface area contributed by atoms with E-state index in [1.54, 1.807) is 29.2 Å². The van der Waals surface area contributed by atoms with Gasteiger partial charge < -0.3 is 9.64 Å². The zero-order valence-corrected chi connectivity index (χ0v) is 25.0. The van der Waals surface area contributed by atoms with Gasteiger partial charge in [-0.1, -0.05) is 30.9 Å². The van der Waals surface area contributed by atoms with Gasteiger partial charge in [0.15, 0.2) is 0 Å². The summed E-state index contributed by atoms with van der Waals surface area (Å²) in [5, 5.41) is 0.969. The largest absolute Gasteiger partial charge is 0.439 e. The van der Waals surface area contributed by atoms with Crippen LogP contribution in [-0.2, 0) is 17.5 Å². The second kappa shape index (κ2) is 11.6. The predicted octanol–water partition coefficient (Wildman–Crippen LogP) is 8.39. The van der Waals surface area contributed by atoms with Crippen LogP contribution in [0.5, 0.6) is 0 Å². The lowest BCUT2D eigenvalue weighted by atomic mass is 9.93. The Kier molecular flexibility index (Phi) is 8.32. The van der Waals surface area contributed by atoms with Crippen molar-refractivity contribution in [3.05, 3.63) is 63.4 Å². The van der Waals surface area contributed by atoms with Crippen LogP contribution < -0.4 is 4.90 Å². The topological polar surface area (TPSA) is 58.6 Å². The molecule has 3 aromatic rings. The lowest BCUT2D eigenvalue weighted by Gasteiger charge is -2.36. The number of hydrogen-bond donors (Lipinski definition) is 0. The van der Waals surface area contributed by atoms with Crippen LogP contribution in [0.4, 0.5) is 23.8 Å². The van der Waals surface area contributed by atoms with E-state index >= 15 is 0 Å². The molecule has 6 nitrogen and oxygen atoms in total. The normalized spacial score (nSPS) is 20.0. The lowest BCUT2D eigenvalue weighted by Crippen LogP contribution is -2.39. The average molecular weight is 587 g/mol. The summed E-state index contributed by atoms with van der Waals surface area (Å²) in [5.41, 5.74) is 2.84. The number of rotatable bonds is 7. The van der Waals surface area contributed by atoms with Crippen molar-refractivity contribution in [3.8, 4) is 10.4 Å². The summed E-state index contributed by atoms with van der Waals surface area (Å²) in [6.07, 6.45) is 1.86. The predicted molar refractivity (Wildman–Crippen MR) is 155 cm³/mol. The molecule has 0 spiro atoms. The van der Waals surface area contributed by atoms with Gasteiger partial charge in [0.1, 0.15) is 11.9 Å². The van der Waals surface area contributed by atoms with Gasteiger partial charge in [0.25, 0.3) is 0 Å². The van der Waals surface area contributed by atoms with Crippen LogP contribution in [0.3, 0.4) is 0 Å². The number of thiazole rings is 1. The quantitative estimate of drug-likeness (QED) is 0.278. The van der Waals surface area contributed by atoms with Gasteiger partial charge in [0.2, 0.25) is 0 Å². The molecule has 2 aromatic heterocycles. The summed E-state index contributed by atoms with van der Waals surface area (Å²) in [6.45, 7) is 10.6. The van der Waals surface area contributed by atoms with Gasteiger partial charge >= 0.3 is 12.3 Å². The maximum Gasteiger partial charge on any atom is 0.416 e. The highest BCUT2D eigenvalue weighted by atomic mass is 32.1. The molecule has 0 radical (unpaired) electrons. The molecule has 1 amide bonds. The minimum absolute atomic E-state index is 0.241. The smallest absolute Gasteiger partial charge is 0.416 e. The van der Waals surface area contributed by atoms with Crippen molar-refractivity contribution in [3.63, 3.8) is 0 Å². The Morgan fingerprint density at radius 2 is 1.83 bits per heavy atom. The Balaban J connectivity index is 1.51. The standard InChI is InChI=1S/C31H37F3N4O2S/c1-6-37(26-10-8-7-9-11-26)29-24(14-23(16-35-29)28-19(3)36-21(5)41-28)17-38-20(4)27(40-30(38)39)22-12-18(2)13-25(15-22)31(32,33)34/h12-16,20,26-27H,6-11,17H2,1-5H3/t20-,27?/m0/s1. The Hall–Kier alpha value is -3.14. The van der Waals surface area contributed by atoms with E-state index in [-0.39, 0.29) is 6.54 Å². The van der Waals surface area contributed by atoms with E-state index in [0.717, 1.165) is 64.0 Å². The average Bonchev–Trinajstić information content (AvgIpc) is 3.41. The molecule has 2 aliphatic rings. The number of cyclic esters (lactones) is 1. The Labute approximate surface area is 243 Å². The molecule has 1 aliphatic heterocycles. The van der Waals surface area contributed by atoms with Crippen LogP contribution in [0.2, 0.25) is 0 Å². The Bertz CT molecular complexity index is 1420. The summed E-state index contributed by atoms with van der Waals surface area (Å²) in [6, 6.07) is 5.86. The SMILES string of the molecule is CCN(c1ncc(-c2sc(C)nc2C)cc1CN1C(=O)OC(c2cc(C)cc(C(F)(F)F)c2)[C@@H]1C)C1CCCCC1. The molecule has 0 N–H and O–H groups in total. The van der Waals surface area contributed by atoms with Gasteiger partial charge in [-0.3, -0.25) is 4.90 Å². The first-order valence-corrected chi connectivity index (χ1v) is 15.1. The second-order valence-electron chi connectivity index (χ2n) is 11.2. The minimum atomic E-state index is -4.48. The first kappa shape index (κ1) is 29.4. The number of pyridine rings is 1. The Morgan fingerprint density at radius 3 is 2.46 bits per heavy atom. The molecular formula is C31H37F3N4O2S. The number of aromatic nitrogens is 2. The first-order chi connectivity index (χ1) is 19.5. The summed E-state index contributed by atoms with van der Waals surface area (Å²) in [4.78, 5) is 27.8. The second-order valence-corrected chi connectivity index (χ2v) is 12.4. The number of carbonyl (C=O) groups is 1. The fourth-order valence-electron chi connectivity index (χ4n) is 6.26. The third-order valence-corrected chi connectivity index (χ3v) is 9.35. The summed E-state index contributed by atoms with van der Waals surface area (Å²) in [7, 11) is 0. The zero-order valence-electron chi connectivity index (χ0n) is 24.2. The van der Waals surface area contributed by atoms with Gasteiger partial charge in [-0.05, 0) is 71.2 Å². The maximum atomic E-state index is 13.6. The van der Waals surface area contributed by atoms with E-state index < -0.39 is 30.0 Å². The number of carbonyl (C=O) groups excluding carboxylic acids is 1. The molecular weight excluding hydrogens is 549 g/mol. The van der Waals surface area contributed by atoms with Gasteiger partial charge in [-0.2, -0.15) is 13.2 Å². The molecule has 3 heterocycles. The van der Waals surface area contributed by atoms with Crippen molar-refractivity contribution in [2.75, 3.05) is 11.4 Å². The molecule has 2 atom stereocenters. The van der Waals surface area contributed by atoms with E-state index in [9.17, 15) is 18.0 Å². The van der Waals surface area contributed by atoms with Gasteiger partial charge in [0, 0.05) is 29.9 Å². The number of nitrogens with zero attached hydrogens (tertiary/aromatic N) is 4. The van der Waals surface area contributed by atoms with Crippen LogP contribution in [-0.4, -0.2) is 39.6 Å². The summed E-state index contributed by atoms with van der Waals surface area (Å²) in [5.74, 6) is 0.848. The highest BCUT2D eigenvalue weighted by Gasteiger charge is 2.41. The molecule has 2 fully saturated rings. The van der Waals surface area contributed by atoms with Crippen LogP contribution in [0.15, 0.2) is 30.5 Å². The van der Waals surface area contributed by atoms with E-state index in [1.165, 1.54) is 19.3 Å². The van der Waals surface area contributed by atoms with Crippen LogP contribution in [0, 0.1) is 20.8 Å². The lowest BCUT2D eigenvalue weighted by molar-refractivity contribution is -0.137. The van der Waals surface area contributed by atoms with E-state index in [1.807, 2.05) is 27.0 Å². The zero-order chi connectivity index (χ0) is 29.5. The number of anilines is 1. The number of halogens is 3. The number of aryl methyl sites for hydroxylation is 3. The van der Waals surface area contributed by atoms with Gasteiger partial charge in [0.05, 0.1) is 33.7 Å². The molecule has 1 aromatic carbocycles. The van der Waals surface area contributed by atoms with E-state index in [0.29, 0.717) is 17.2 Å². The molecule has 5 rings (SSSR count). The van der Waals surface area contributed by atoms with Crippen LogP contribution in [0.25, 0.3) is 10.4 Å². The molecule has 10 heteroatoms. The molecule has 1 unspecified atom stereocenters. The van der Waals surface area contributed by atoms with E-state index in [4.69, 9.17) is 9.72 Å². The summed E-state index contributed by atoms with van der Waals surface area (Å²) >= 11 is 1.61. The summed E-state index contributed by atoms with van der Waals surface area (Å²) < 4.78 is 46.4. The monoisotopic (exact) mass is 586 g/mol. The minimum Gasteiger partial charge on any atom is -0.439 e. The number of benzene rings is 1. The van der Waals surface area contributed by atoms with Crippen molar-refractivity contribution >= 4 is 23.2 Å². The van der Waals surface area contributed by atoms with Crippen molar-refractivity contribution < 1.29 is 22.7 Å². The molecule has 1 saturated carbocycles. The molecule has 220 valence electrons. The molecule has 1 aliphatic carbocycles. The Morgan fingerprint density at radius 1 is 1.10 bits per heavy atom. The number of hydrogen-bond acceptors (Lipinski definition) is 6. The van der Waals surface area contributed by atoms with E-state index in [2.05, 4.69) is 22.9 Å². The third kappa shape index (κ3) is 6.08. The number of amides is 1. The van der Waals surface area contributed by atoms with Crippen molar-refractivity contribution in [2.24, 2.45) is 0 Å².